The summed E-state index contributed by atoms with van der Waals surface area (Å²) in [7, 11) is 0. The topological polar surface area (TPSA) is 68.4 Å². The van der Waals surface area contributed by atoms with Crippen LogP contribution in [0.1, 0.15) is 48.0 Å². The Bertz CT molecular complexity index is 1210. The number of aryl methyl sites for hydroxylation is 1. The number of nitrogens with one attached hydrogen (secondary N) is 1. The molecule has 5 rings (SSSR count). The second kappa shape index (κ2) is 13.0. The molecule has 2 saturated heterocycles. The van der Waals surface area contributed by atoms with E-state index in [-0.39, 0.29) is 18.5 Å². The van der Waals surface area contributed by atoms with Crippen LogP contribution in [0.2, 0.25) is 5.02 Å². The average Bonchev–Trinajstić information content (AvgIpc) is 3.49. The van der Waals surface area contributed by atoms with Crippen LogP contribution in [0.5, 0.6) is 0 Å². The number of hydrogen-bond acceptors (Lipinski definition) is 6. The molecular weight excluding hydrogens is 515 g/mol. The second-order valence-electron chi connectivity index (χ2n) is 10.7. The number of piperazine rings is 1. The molecule has 2 aromatic heterocycles. The maximum atomic E-state index is 13.6. The number of alkyl halides is 1. The van der Waals surface area contributed by atoms with Crippen molar-refractivity contribution in [3.63, 3.8) is 0 Å². The van der Waals surface area contributed by atoms with Crippen molar-refractivity contribution in [2.75, 3.05) is 50.8 Å². The molecule has 0 amide bonds. The van der Waals surface area contributed by atoms with E-state index in [0.29, 0.717) is 23.9 Å². The molecule has 0 saturated carbocycles. The number of nitrogens with zero attached hydrogens (tertiary/aromatic N) is 5. The van der Waals surface area contributed by atoms with Gasteiger partial charge in [0.15, 0.2) is 5.78 Å². The molecule has 4 heterocycles. The smallest absolute Gasteiger partial charge is 0.162 e. The van der Waals surface area contributed by atoms with Crippen LogP contribution in [0.15, 0.2) is 48.9 Å². The summed E-state index contributed by atoms with van der Waals surface area (Å²) in [4.78, 5) is 32.1. The van der Waals surface area contributed by atoms with Gasteiger partial charge in [-0.2, -0.15) is 0 Å². The van der Waals surface area contributed by atoms with E-state index in [4.69, 9.17) is 16.6 Å². The summed E-state index contributed by atoms with van der Waals surface area (Å²) in [6.45, 7) is 7.38. The fraction of sp³-hybridized carbons (Fsp3) is 0.500. The van der Waals surface area contributed by atoms with Crippen LogP contribution in [0.3, 0.4) is 0 Å². The number of aromatic amines is 1. The SMILES string of the molecule is Cc1cc(-c2ncc[nH]2)cnc1N1CCN(C2CCN(CCCC(=O)c3ccc(Cl)cc3)CC2)[C@@H](CCF)C1. The predicted octanol–water partition coefficient (Wildman–Crippen LogP) is 5.41. The summed E-state index contributed by atoms with van der Waals surface area (Å²) in [5, 5.41) is 0.649. The summed E-state index contributed by atoms with van der Waals surface area (Å²) >= 11 is 5.93. The minimum Gasteiger partial charge on any atom is -0.354 e. The lowest BCUT2D eigenvalue weighted by Gasteiger charge is -2.48. The predicted molar refractivity (Wildman–Crippen MR) is 154 cm³/mol. The van der Waals surface area contributed by atoms with Gasteiger partial charge in [0, 0.05) is 72.9 Å². The molecule has 208 valence electrons. The summed E-state index contributed by atoms with van der Waals surface area (Å²) in [6.07, 6.45) is 9.56. The molecule has 7 nitrogen and oxygen atoms in total. The molecule has 2 fully saturated rings. The Morgan fingerprint density at radius 3 is 2.62 bits per heavy atom. The van der Waals surface area contributed by atoms with Crippen LogP contribution in [-0.2, 0) is 0 Å². The number of piperidine rings is 1. The van der Waals surface area contributed by atoms with Gasteiger partial charge in [-0.25, -0.2) is 9.97 Å². The molecule has 0 aliphatic carbocycles. The van der Waals surface area contributed by atoms with E-state index < -0.39 is 0 Å². The van der Waals surface area contributed by atoms with Gasteiger partial charge in [0.25, 0.3) is 0 Å². The highest BCUT2D eigenvalue weighted by atomic mass is 35.5. The number of benzene rings is 1. The number of likely N-dealkylation sites (tertiary alicyclic amines) is 1. The van der Waals surface area contributed by atoms with Crippen LogP contribution < -0.4 is 4.90 Å². The Morgan fingerprint density at radius 2 is 1.92 bits per heavy atom. The van der Waals surface area contributed by atoms with Crippen molar-refractivity contribution in [2.24, 2.45) is 0 Å². The Kier molecular flexibility index (Phi) is 9.27. The Hall–Kier alpha value is -2.81. The van der Waals surface area contributed by atoms with E-state index in [9.17, 15) is 9.18 Å². The summed E-state index contributed by atoms with van der Waals surface area (Å²) in [5.74, 6) is 1.97. The van der Waals surface area contributed by atoms with Gasteiger partial charge in [0.2, 0.25) is 0 Å². The van der Waals surface area contributed by atoms with Crippen LogP contribution in [0.25, 0.3) is 11.4 Å². The van der Waals surface area contributed by atoms with Crippen molar-refractivity contribution < 1.29 is 9.18 Å². The largest absolute Gasteiger partial charge is 0.354 e. The first-order valence-electron chi connectivity index (χ1n) is 14.1. The van der Waals surface area contributed by atoms with Crippen molar-refractivity contribution in [2.45, 2.75) is 51.1 Å². The van der Waals surface area contributed by atoms with E-state index in [1.807, 2.05) is 12.4 Å². The lowest BCUT2D eigenvalue weighted by molar-refractivity contribution is 0.0579. The first-order valence-corrected chi connectivity index (χ1v) is 14.4. The number of carbonyl (C=O) groups is 1. The molecule has 2 aliphatic heterocycles. The number of hydrogen-bond donors (Lipinski definition) is 1. The van der Waals surface area contributed by atoms with Gasteiger partial charge >= 0.3 is 0 Å². The minimum absolute atomic E-state index is 0.175. The average molecular weight is 553 g/mol. The van der Waals surface area contributed by atoms with Crippen molar-refractivity contribution in [1.29, 1.82) is 0 Å². The van der Waals surface area contributed by atoms with E-state index in [1.54, 1.807) is 30.5 Å². The number of imidazole rings is 1. The van der Waals surface area contributed by atoms with E-state index >= 15 is 0 Å². The lowest BCUT2D eigenvalue weighted by atomic mass is 9.97. The fourth-order valence-electron chi connectivity index (χ4n) is 6.09. The summed E-state index contributed by atoms with van der Waals surface area (Å²) < 4.78 is 13.6. The molecular formula is C30H38ClFN6O. The van der Waals surface area contributed by atoms with Crippen LogP contribution in [0, 0.1) is 6.92 Å². The van der Waals surface area contributed by atoms with Gasteiger partial charge in [-0.1, -0.05) is 11.6 Å². The van der Waals surface area contributed by atoms with Gasteiger partial charge in [0.05, 0.1) is 6.67 Å². The number of ketones is 1. The van der Waals surface area contributed by atoms with Gasteiger partial charge in [0.1, 0.15) is 11.6 Å². The molecule has 1 N–H and O–H groups in total. The van der Waals surface area contributed by atoms with Crippen LogP contribution >= 0.6 is 11.6 Å². The number of Topliss-reactive ketones (excluding diaryl/α,β-unsaturated/α-hetero) is 1. The molecule has 39 heavy (non-hydrogen) atoms. The Morgan fingerprint density at radius 1 is 1.13 bits per heavy atom. The van der Waals surface area contributed by atoms with Gasteiger partial charge < -0.3 is 14.8 Å². The molecule has 1 atom stereocenters. The molecule has 3 aromatic rings. The van der Waals surface area contributed by atoms with Crippen LogP contribution in [0.4, 0.5) is 10.2 Å². The highest BCUT2D eigenvalue weighted by Gasteiger charge is 2.34. The quantitative estimate of drug-likeness (QED) is 0.339. The third-order valence-corrected chi connectivity index (χ3v) is 8.41. The van der Waals surface area contributed by atoms with Gasteiger partial charge in [-0.15, -0.1) is 0 Å². The number of halogens is 2. The summed E-state index contributed by atoms with van der Waals surface area (Å²) in [6, 6.07) is 9.93. The first-order chi connectivity index (χ1) is 19.0. The second-order valence-corrected chi connectivity index (χ2v) is 11.2. The zero-order chi connectivity index (χ0) is 27.2. The third kappa shape index (κ3) is 6.86. The van der Waals surface area contributed by atoms with Crippen LogP contribution in [-0.4, -0.2) is 88.6 Å². The third-order valence-electron chi connectivity index (χ3n) is 8.16. The van der Waals surface area contributed by atoms with E-state index in [0.717, 1.165) is 86.9 Å². The monoisotopic (exact) mass is 552 g/mol. The van der Waals surface area contributed by atoms with E-state index in [2.05, 4.69) is 37.7 Å². The van der Waals surface area contributed by atoms with E-state index in [1.165, 1.54) is 0 Å². The molecule has 0 bridgehead atoms. The van der Waals surface area contributed by atoms with Gasteiger partial charge in [-0.05, 0) is 88.1 Å². The van der Waals surface area contributed by atoms with Crippen molar-refractivity contribution >= 4 is 23.2 Å². The molecule has 0 spiro atoms. The molecule has 1 aromatic carbocycles. The molecule has 9 heteroatoms. The lowest BCUT2D eigenvalue weighted by Crippen LogP contribution is -2.59. The number of pyridine rings is 1. The van der Waals surface area contributed by atoms with Crippen molar-refractivity contribution in [3.05, 3.63) is 65.1 Å². The Balaban J connectivity index is 1.11. The number of carbonyl (C=O) groups excluding carboxylic acids is 1. The highest BCUT2D eigenvalue weighted by molar-refractivity contribution is 6.30. The molecule has 0 unspecified atom stereocenters. The summed E-state index contributed by atoms with van der Waals surface area (Å²) in [5.41, 5.74) is 2.82. The fourth-order valence-corrected chi connectivity index (χ4v) is 6.22. The van der Waals surface area contributed by atoms with Gasteiger partial charge in [-0.3, -0.25) is 14.1 Å². The molecule has 2 aliphatic rings. The Labute approximate surface area is 235 Å². The number of rotatable bonds is 10. The normalized spacial score (nSPS) is 19.5. The zero-order valence-electron chi connectivity index (χ0n) is 22.7. The highest BCUT2D eigenvalue weighted by Crippen LogP contribution is 2.28. The number of aromatic nitrogens is 3. The standard InChI is InChI=1S/C30H38ClFN6O/c1-22-19-24(29-33-12-13-34-29)20-35-30(22)37-17-18-38(27(21-37)8-11-32)26-9-15-36(16-10-26)14-2-3-28(39)23-4-6-25(31)7-5-23/h4-7,12-13,19-20,26-27H,2-3,8-11,14-18,21H2,1H3,(H,33,34)/t27-/m0/s1. The molecule has 0 radical (unpaired) electrons. The number of anilines is 1. The maximum absolute atomic E-state index is 13.6. The number of H-pyrrole nitrogens is 1. The maximum Gasteiger partial charge on any atom is 0.162 e. The van der Waals surface area contributed by atoms with Crippen molar-refractivity contribution in [1.82, 2.24) is 24.8 Å². The van der Waals surface area contributed by atoms with Crippen molar-refractivity contribution in [3.8, 4) is 11.4 Å². The zero-order valence-corrected chi connectivity index (χ0v) is 23.4. The minimum atomic E-state index is -0.306. The first kappa shape index (κ1) is 27.7.